The van der Waals surface area contributed by atoms with E-state index >= 15 is 0 Å². The Hall–Kier alpha value is -2.63. The van der Waals surface area contributed by atoms with E-state index in [1.165, 1.54) is 6.42 Å². The van der Waals surface area contributed by atoms with Gasteiger partial charge in [-0.3, -0.25) is 9.48 Å². The van der Waals surface area contributed by atoms with Crippen LogP contribution in [-0.2, 0) is 17.9 Å². The van der Waals surface area contributed by atoms with Crippen LogP contribution in [0.1, 0.15) is 32.1 Å². The lowest BCUT2D eigenvalue weighted by molar-refractivity contribution is -0.135. The molecule has 1 aromatic carbocycles. The van der Waals surface area contributed by atoms with Crippen molar-refractivity contribution < 1.29 is 4.79 Å². The van der Waals surface area contributed by atoms with Crippen LogP contribution < -0.4 is 0 Å². The van der Waals surface area contributed by atoms with Crippen LogP contribution in [0.15, 0.2) is 49.1 Å². The average molecular weight is 351 g/mol. The van der Waals surface area contributed by atoms with E-state index in [9.17, 15) is 4.79 Å². The van der Waals surface area contributed by atoms with Crippen LogP contribution in [0, 0.1) is 0 Å². The maximum atomic E-state index is 12.9. The van der Waals surface area contributed by atoms with E-state index < -0.39 is 0 Å². The fraction of sp³-hybridized carbons (Fsp3) is 0.450. The number of carbonyl (C=O) groups excluding carboxylic acids is 1. The van der Waals surface area contributed by atoms with Gasteiger partial charge in [-0.15, -0.1) is 0 Å². The molecule has 1 atom stereocenters. The highest BCUT2D eigenvalue weighted by atomic mass is 16.2. The summed E-state index contributed by atoms with van der Waals surface area (Å²) in [5.74, 6) is 0.257. The van der Waals surface area contributed by atoms with Gasteiger partial charge in [0, 0.05) is 44.5 Å². The molecule has 1 fully saturated rings. The molecule has 0 aliphatic carbocycles. The lowest BCUT2D eigenvalue weighted by Crippen LogP contribution is -2.44. The number of aryl methyl sites for hydroxylation is 2. The minimum atomic E-state index is 0.257. The molecule has 2 aromatic heterocycles. The van der Waals surface area contributed by atoms with Crippen molar-refractivity contribution in [3.8, 4) is 0 Å². The predicted molar refractivity (Wildman–Crippen MR) is 101 cm³/mol. The summed E-state index contributed by atoms with van der Waals surface area (Å²) < 4.78 is 4.03. The summed E-state index contributed by atoms with van der Waals surface area (Å²) in [5.41, 5.74) is 2.07. The topological polar surface area (TPSA) is 56.0 Å². The molecule has 6 heteroatoms. The summed E-state index contributed by atoms with van der Waals surface area (Å²) in [5, 5.41) is 4.27. The molecule has 0 radical (unpaired) electrons. The number of amides is 1. The largest absolute Gasteiger partial charge is 0.340 e. The van der Waals surface area contributed by atoms with Crippen LogP contribution in [0.4, 0.5) is 0 Å². The fourth-order valence-electron chi connectivity index (χ4n) is 3.89. The summed E-state index contributed by atoms with van der Waals surface area (Å²) in [6.07, 6.45) is 10.5. The second-order valence-corrected chi connectivity index (χ2v) is 6.97. The van der Waals surface area contributed by atoms with Crippen molar-refractivity contribution in [1.29, 1.82) is 0 Å². The molecule has 0 spiro atoms. The van der Waals surface area contributed by atoms with Crippen LogP contribution >= 0.6 is 0 Å². The molecule has 26 heavy (non-hydrogen) atoms. The van der Waals surface area contributed by atoms with E-state index in [0.717, 1.165) is 43.4 Å². The van der Waals surface area contributed by atoms with Crippen LogP contribution in [0.5, 0.6) is 0 Å². The quantitative estimate of drug-likeness (QED) is 0.686. The number of benzene rings is 1. The van der Waals surface area contributed by atoms with E-state index in [0.29, 0.717) is 19.0 Å². The first kappa shape index (κ1) is 16.8. The van der Waals surface area contributed by atoms with Gasteiger partial charge < -0.3 is 9.47 Å². The number of carbonyl (C=O) groups is 1. The molecule has 6 nitrogen and oxygen atoms in total. The number of fused-ring (bicyclic) bond motifs is 1. The molecule has 1 saturated heterocycles. The Balaban J connectivity index is 1.37. The first-order valence-corrected chi connectivity index (χ1v) is 9.48. The summed E-state index contributed by atoms with van der Waals surface area (Å²) in [6, 6.07) is 10.3. The third kappa shape index (κ3) is 3.64. The van der Waals surface area contributed by atoms with Crippen molar-refractivity contribution in [3.05, 3.63) is 49.1 Å². The number of nitrogens with zero attached hydrogens (tertiary/aromatic N) is 5. The zero-order valence-electron chi connectivity index (χ0n) is 15.0. The highest BCUT2D eigenvalue weighted by Crippen LogP contribution is 2.22. The van der Waals surface area contributed by atoms with Gasteiger partial charge >= 0.3 is 0 Å². The first-order chi connectivity index (χ1) is 12.8. The van der Waals surface area contributed by atoms with Gasteiger partial charge in [0.2, 0.25) is 5.91 Å². The highest BCUT2D eigenvalue weighted by Gasteiger charge is 2.26. The Kier molecular flexibility index (Phi) is 5.00. The Morgan fingerprint density at radius 2 is 2.08 bits per heavy atom. The Morgan fingerprint density at radius 1 is 1.15 bits per heavy atom. The van der Waals surface area contributed by atoms with Gasteiger partial charge in [-0.1, -0.05) is 12.1 Å². The minimum absolute atomic E-state index is 0.257. The third-order valence-electron chi connectivity index (χ3n) is 5.29. The van der Waals surface area contributed by atoms with Gasteiger partial charge in [0.05, 0.1) is 17.4 Å². The molecule has 136 valence electrons. The van der Waals surface area contributed by atoms with E-state index in [4.69, 9.17) is 0 Å². The number of hydrogen-bond donors (Lipinski definition) is 0. The monoisotopic (exact) mass is 351 g/mol. The van der Waals surface area contributed by atoms with Gasteiger partial charge in [-0.2, -0.15) is 5.10 Å². The van der Waals surface area contributed by atoms with Crippen LogP contribution in [0.3, 0.4) is 0 Å². The van der Waals surface area contributed by atoms with Gasteiger partial charge in [0.1, 0.15) is 0 Å². The maximum absolute atomic E-state index is 12.9. The van der Waals surface area contributed by atoms with Gasteiger partial charge in [0.25, 0.3) is 0 Å². The zero-order valence-corrected chi connectivity index (χ0v) is 15.0. The highest BCUT2D eigenvalue weighted by molar-refractivity contribution is 5.78. The van der Waals surface area contributed by atoms with Crippen molar-refractivity contribution in [2.75, 3.05) is 6.54 Å². The second kappa shape index (κ2) is 7.72. The summed E-state index contributed by atoms with van der Waals surface area (Å²) in [4.78, 5) is 19.4. The molecule has 0 N–H and O–H groups in total. The number of rotatable bonds is 6. The molecule has 1 amide bonds. The number of aromatic nitrogens is 4. The van der Waals surface area contributed by atoms with Crippen molar-refractivity contribution >= 4 is 16.9 Å². The summed E-state index contributed by atoms with van der Waals surface area (Å²) in [7, 11) is 0. The van der Waals surface area contributed by atoms with Crippen LogP contribution in [0.25, 0.3) is 11.0 Å². The lowest BCUT2D eigenvalue weighted by atomic mass is 9.99. The summed E-state index contributed by atoms with van der Waals surface area (Å²) in [6.45, 7) is 2.43. The summed E-state index contributed by atoms with van der Waals surface area (Å²) >= 11 is 0. The number of para-hydroxylation sites is 2. The number of likely N-dealkylation sites (tertiary alicyclic amines) is 1. The third-order valence-corrected chi connectivity index (χ3v) is 5.29. The average Bonchev–Trinajstić information content (AvgIpc) is 3.34. The molecular formula is C20H25N5O. The molecule has 4 rings (SSSR count). The minimum Gasteiger partial charge on any atom is -0.340 e. The van der Waals surface area contributed by atoms with E-state index in [2.05, 4.69) is 25.6 Å². The van der Waals surface area contributed by atoms with Crippen molar-refractivity contribution in [3.63, 3.8) is 0 Å². The van der Waals surface area contributed by atoms with Crippen LogP contribution in [0.2, 0.25) is 0 Å². The van der Waals surface area contributed by atoms with Crippen molar-refractivity contribution in [1.82, 2.24) is 24.2 Å². The number of imidazole rings is 1. The Morgan fingerprint density at radius 3 is 2.96 bits per heavy atom. The Labute approximate surface area is 153 Å². The van der Waals surface area contributed by atoms with E-state index in [1.54, 1.807) is 6.20 Å². The zero-order chi connectivity index (χ0) is 17.8. The van der Waals surface area contributed by atoms with Gasteiger partial charge in [-0.05, 0) is 43.9 Å². The number of hydrogen-bond acceptors (Lipinski definition) is 3. The van der Waals surface area contributed by atoms with E-state index in [-0.39, 0.29) is 5.91 Å². The molecule has 1 aliphatic heterocycles. The Bertz CT molecular complexity index is 854. The molecule has 1 unspecified atom stereocenters. The standard InChI is InChI=1S/C20H25N5O/c26-20(10-14-23-16-21-18-7-1-2-8-19(18)23)25-13-4-3-6-17(25)9-15-24-12-5-11-22-24/h1-2,5,7-8,11-12,16-17H,3-4,6,9-10,13-15H2. The van der Waals surface area contributed by atoms with E-state index in [1.807, 2.05) is 41.5 Å². The molecule has 3 aromatic rings. The van der Waals surface area contributed by atoms with Gasteiger partial charge in [-0.25, -0.2) is 4.98 Å². The molecule has 0 bridgehead atoms. The molecular weight excluding hydrogens is 326 g/mol. The molecule has 1 aliphatic rings. The first-order valence-electron chi connectivity index (χ1n) is 9.48. The smallest absolute Gasteiger partial charge is 0.224 e. The maximum Gasteiger partial charge on any atom is 0.224 e. The molecule has 0 saturated carbocycles. The van der Waals surface area contributed by atoms with Crippen molar-refractivity contribution in [2.24, 2.45) is 0 Å². The number of piperidine rings is 1. The predicted octanol–water partition coefficient (Wildman–Crippen LogP) is 3.09. The molecule has 3 heterocycles. The van der Waals surface area contributed by atoms with Gasteiger partial charge in [0.15, 0.2) is 0 Å². The lowest BCUT2D eigenvalue weighted by Gasteiger charge is -2.36. The van der Waals surface area contributed by atoms with Crippen LogP contribution in [-0.4, -0.2) is 42.7 Å². The SMILES string of the molecule is O=C(CCn1cnc2ccccc21)N1CCCCC1CCn1cccn1. The second-order valence-electron chi connectivity index (χ2n) is 6.97. The normalized spacial score (nSPS) is 17.7. The van der Waals surface area contributed by atoms with Crippen molar-refractivity contribution in [2.45, 2.75) is 51.2 Å². The fourth-order valence-corrected chi connectivity index (χ4v) is 3.89.